The first-order valence-electron chi connectivity index (χ1n) is 34.2. The molecule has 0 aliphatic carbocycles. The Morgan fingerprint density at radius 2 is 0.476 bits per heavy atom. The quantitative estimate of drug-likeness (QED) is 0.0261. The van der Waals surface area contributed by atoms with Gasteiger partial charge < -0.3 is 14.2 Å². The molecule has 1 atom stereocenters. The third kappa shape index (κ3) is 66.4. The number of esters is 3. The molecule has 0 rings (SSSR count). The summed E-state index contributed by atoms with van der Waals surface area (Å²) in [6.45, 7) is 6.42. The van der Waals surface area contributed by atoms with E-state index < -0.39 is 6.10 Å². The van der Waals surface area contributed by atoms with Crippen LogP contribution in [0.3, 0.4) is 0 Å². The number of hydrogen-bond donors (Lipinski definition) is 0. The van der Waals surface area contributed by atoms with Crippen molar-refractivity contribution in [2.45, 2.75) is 316 Å². The summed E-state index contributed by atoms with van der Waals surface area (Å²) in [7, 11) is 0. The number of hydrogen-bond acceptors (Lipinski definition) is 6. The monoisotopic (exact) mass is 1130 g/mol. The minimum absolute atomic E-state index is 0.0894. The van der Waals surface area contributed by atoms with Crippen LogP contribution >= 0.6 is 0 Å². The van der Waals surface area contributed by atoms with Crippen LogP contribution in [0.4, 0.5) is 0 Å². The van der Waals surface area contributed by atoms with E-state index in [1.165, 1.54) is 116 Å². The fourth-order valence-electron chi connectivity index (χ4n) is 9.36. The van der Waals surface area contributed by atoms with E-state index in [4.69, 9.17) is 14.2 Å². The van der Waals surface area contributed by atoms with Gasteiger partial charge in [0.05, 0.1) is 0 Å². The van der Waals surface area contributed by atoms with Crippen molar-refractivity contribution in [3.05, 3.63) is 134 Å². The van der Waals surface area contributed by atoms with Crippen LogP contribution in [-0.4, -0.2) is 37.2 Å². The number of ether oxygens (including phenoxy) is 3. The summed E-state index contributed by atoms with van der Waals surface area (Å²) in [5.41, 5.74) is 0. The minimum atomic E-state index is -0.797. The normalized spacial score (nSPS) is 13.0. The molecule has 0 aromatic carbocycles. The summed E-state index contributed by atoms with van der Waals surface area (Å²) >= 11 is 0. The number of carbonyl (C=O) groups is 3. The van der Waals surface area contributed by atoms with Crippen LogP contribution in [0.25, 0.3) is 0 Å². The van der Waals surface area contributed by atoms with Crippen molar-refractivity contribution in [1.82, 2.24) is 0 Å². The Morgan fingerprint density at radius 1 is 0.256 bits per heavy atom. The van der Waals surface area contributed by atoms with Crippen molar-refractivity contribution in [3.8, 4) is 0 Å². The number of rotatable bonds is 61. The first-order chi connectivity index (χ1) is 40.5. The lowest BCUT2D eigenvalue weighted by Gasteiger charge is -2.18. The van der Waals surface area contributed by atoms with Gasteiger partial charge in [-0.15, -0.1) is 0 Å². The molecule has 0 bridgehead atoms. The number of unbranched alkanes of at least 4 members (excludes halogenated alkanes) is 28. The van der Waals surface area contributed by atoms with E-state index in [9.17, 15) is 14.4 Å². The fourth-order valence-corrected chi connectivity index (χ4v) is 9.36. The Balaban J connectivity index is 4.42. The zero-order chi connectivity index (χ0) is 59.2. The number of allylic oxidation sites excluding steroid dienone is 22. The molecule has 0 aliphatic heterocycles. The van der Waals surface area contributed by atoms with Crippen molar-refractivity contribution in [3.63, 3.8) is 0 Å². The second-order valence-corrected chi connectivity index (χ2v) is 22.3. The van der Waals surface area contributed by atoms with Crippen LogP contribution in [0.15, 0.2) is 134 Å². The van der Waals surface area contributed by atoms with E-state index >= 15 is 0 Å². The summed E-state index contributed by atoms with van der Waals surface area (Å²) in [6.07, 6.45) is 97.4. The molecule has 0 fully saturated rings. The Bertz CT molecular complexity index is 1730. The zero-order valence-electron chi connectivity index (χ0n) is 53.5. The second-order valence-electron chi connectivity index (χ2n) is 22.3. The maximum atomic E-state index is 12.9. The zero-order valence-corrected chi connectivity index (χ0v) is 53.5. The number of carbonyl (C=O) groups excluding carboxylic acids is 3. The highest BCUT2D eigenvalue weighted by atomic mass is 16.6. The molecule has 6 nitrogen and oxygen atoms in total. The molecule has 0 amide bonds. The first kappa shape index (κ1) is 77.5. The third-order valence-corrected chi connectivity index (χ3v) is 14.4. The van der Waals surface area contributed by atoms with Gasteiger partial charge in [-0.1, -0.05) is 309 Å². The standard InChI is InChI=1S/C76H126O6/c1-4-7-10-13-16-19-22-25-28-31-33-35-36-37-38-39-40-42-43-45-48-51-54-57-60-63-66-69-75(78)81-72-73(71-80-74(77)68-65-62-59-56-53-50-47-30-27-24-21-18-15-12-9-6-3)82-76(79)70-67-64-61-58-55-52-49-46-44-41-34-32-29-26-23-20-17-14-11-8-5-2/h7-8,10-11,16-17,19-20,25-26,28-29,33-35,37-38,40-42,46,49,73H,4-6,9,12-15,18,21-24,27,30-32,36,39,43-45,47-48,50-72H2,1-3H3/b10-7-,11-8-,19-16-,20-17-,28-25-,29-26-,35-33-,38-37-,41-34-,42-40-,49-46-. The maximum absolute atomic E-state index is 12.9. The summed E-state index contributed by atoms with van der Waals surface area (Å²) in [5.74, 6) is -0.908. The van der Waals surface area contributed by atoms with Gasteiger partial charge in [-0.25, -0.2) is 0 Å². The SMILES string of the molecule is CC/C=C\C/C=C\C/C=C\C/C=C\C/C=C\C/C=C\CCCCCCCCCCC(=O)OCC(COC(=O)CCCCCCCCCCCCCCCCCC)OC(=O)CCCCCCC/C=C\C/C=C\C/C=C\C/C=C\C/C=C\CC. The van der Waals surface area contributed by atoms with Crippen LogP contribution in [0.5, 0.6) is 0 Å². The lowest BCUT2D eigenvalue weighted by atomic mass is 10.0. The molecule has 0 N–H and O–H groups in total. The van der Waals surface area contributed by atoms with Crippen LogP contribution in [0, 0.1) is 0 Å². The van der Waals surface area contributed by atoms with E-state index in [0.717, 1.165) is 154 Å². The summed E-state index contributed by atoms with van der Waals surface area (Å²) < 4.78 is 17.0. The van der Waals surface area contributed by atoms with Gasteiger partial charge in [-0.05, 0) is 116 Å². The van der Waals surface area contributed by atoms with Gasteiger partial charge in [0.25, 0.3) is 0 Å². The molecule has 466 valence electrons. The molecule has 0 heterocycles. The lowest BCUT2D eigenvalue weighted by Crippen LogP contribution is -2.30. The molecule has 0 saturated carbocycles. The van der Waals surface area contributed by atoms with E-state index in [2.05, 4.69) is 154 Å². The Morgan fingerprint density at radius 3 is 0.744 bits per heavy atom. The van der Waals surface area contributed by atoms with E-state index in [-0.39, 0.29) is 31.1 Å². The Kier molecular flexibility index (Phi) is 65.3. The topological polar surface area (TPSA) is 78.9 Å². The van der Waals surface area contributed by atoms with Crippen LogP contribution < -0.4 is 0 Å². The summed E-state index contributed by atoms with van der Waals surface area (Å²) in [6, 6.07) is 0. The molecule has 0 spiro atoms. The highest BCUT2D eigenvalue weighted by Gasteiger charge is 2.19. The van der Waals surface area contributed by atoms with Crippen molar-refractivity contribution in [2.75, 3.05) is 13.2 Å². The maximum Gasteiger partial charge on any atom is 0.306 e. The highest BCUT2D eigenvalue weighted by molar-refractivity contribution is 5.71. The third-order valence-electron chi connectivity index (χ3n) is 14.4. The predicted molar refractivity (Wildman–Crippen MR) is 357 cm³/mol. The van der Waals surface area contributed by atoms with Gasteiger partial charge >= 0.3 is 17.9 Å². The van der Waals surface area contributed by atoms with Crippen molar-refractivity contribution >= 4 is 17.9 Å². The molecule has 6 heteroatoms. The van der Waals surface area contributed by atoms with Crippen LogP contribution in [-0.2, 0) is 28.6 Å². The summed E-state index contributed by atoms with van der Waals surface area (Å²) in [5, 5.41) is 0. The Hall–Kier alpha value is -4.45. The van der Waals surface area contributed by atoms with Crippen molar-refractivity contribution < 1.29 is 28.6 Å². The molecule has 1 unspecified atom stereocenters. The predicted octanol–water partition coefficient (Wildman–Crippen LogP) is 23.7. The van der Waals surface area contributed by atoms with Gasteiger partial charge in [0.1, 0.15) is 13.2 Å². The largest absolute Gasteiger partial charge is 0.462 e. The molecule has 0 aromatic rings. The van der Waals surface area contributed by atoms with Crippen LogP contribution in [0.2, 0.25) is 0 Å². The molecular formula is C76H126O6. The summed E-state index contributed by atoms with van der Waals surface area (Å²) in [4.78, 5) is 38.5. The molecule has 0 radical (unpaired) electrons. The van der Waals surface area contributed by atoms with Gasteiger partial charge in [0, 0.05) is 19.3 Å². The van der Waals surface area contributed by atoms with Crippen molar-refractivity contribution in [2.24, 2.45) is 0 Å². The fraction of sp³-hybridized carbons (Fsp3) is 0.671. The lowest BCUT2D eigenvalue weighted by molar-refractivity contribution is -0.167. The molecular weight excluding hydrogens is 1010 g/mol. The first-order valence-corrected chi connectivity index (χ1v) is 34.2. The minimum Gasteiger partial charge on any atom is -0.462 e. The Labute approximate surface area is 506 Å². The molecule has 0 aliphatic rings. The molecule has 0 aromatic heterocycles. The van der Waals surface area contributed by atoms with Crippen molar-refractivity contribution in [1.29, 1.82) is 0 Å². The average Bonchev–Trinajstić information content (AvgIpc) is 3.47. The highest BCUT2D eigenvalue weighted by Crippen LogP contribution is 2.16. The van der Waals surface area contributed by atoms with Crippen LogP contribution in [0.1, 0.15) is 310 Å². The molecule has 0 saturated heterocycles. The van der Waals surface area contributed by atoms with Gasteiger partial charge in [-0.3, -0.25) is 14.4 Å². The van der Waals surface area contributed by atoms with Gasteiger partial charge in [0.2, 0.25) is 0 Å². The second kappa shape index (κ2) is 69.0. The smallest absolute Gasteiger partial charge is 0.306 e. The van der Waals surface area contributed by atoms with E-state index in [1.807, 2.05) is 0 Å². The average molecular weight is 1140 g/mol. The van der Waals surface area contributed by atoms with E-state index in [0.29, 0.717) is 19.3 Å². The van der Waals surface area contributed by atoms with Gasteiger partial charge in [-0.2, -0.15) is 0 Å². The van der Waals surface area contributed by atoms with E-state index in [1.54, 1.807) is 0 Å². The molecule has 82 heavy (non-hydrogen) atoms. The van der Waals surface area contributed by atoms with Gasteiger partial charge in [0.15, 0.2) is 6.10 Å².